The molecule has 0 aliphatic carbocycles. The average molecular weight is 307 g/mol. The second-order valence-corrected chi connectivity index (χ2v) is 7.01. The summed E-state index contributed by atoms with van der Waals surface area (Å²) in [7, 11) is -3.52. The summed E-state index contributed by atoms with van der Waals surface area (Å²) in [5.74, 6) is 0.667. The Bertz CT molecular complexity index is 769. The normalized spacial score (nSPS) is 15.9. The van der Waals surface area contributed by atoms with Gasteiger partial charge in [0.15, 0.2) is 0 Å². The third kappa shape index (κ3) is 2.45. The van der Waals surface area contributed by atoms with Gasteiger partial charge in [-0.15, -0.1) is 10.2 Å². The van der Waals surface area contributed by atoms with Crippen molar-refractivity contribution in [1.29, 1.82) is 0 Å². The first kappa shape index (κ1) is 14.2. The number of sulfonamides is 1. The van der Waals surface area contributed by atoms with Crippen LogP contribution in [0.15, 0.2) is 29.4 Å². The fraction of sp³-hybridized carbons (Fsp3) is 0.385. The molecular formula is C13H17N5O2S. The quantitative estimate of drug-likeness (QED) is 0.877. The van der Waals surface area contributed by atoms with Crippen molar-refractivity contribution in [2.24, 2.45) is 5.73 Å². The SMILES string of the molecule is Cc1cc(S(=O)(=O)N2CCn3cnnc3C2)ccc1CN. The summed E-state index contributed by atoms with van der Waals surface area (Å²) in [5, 5.41) is 7.76. The Labute approximate surface area is 123 Å². The third-order valence-corrected chi connectivity index (χ3v) is 5.62. The molecule has 112 valence electrons. The van der Waals surface area contributed by atoms with Crippen LogP contribution in [0.1, 0.15) is 17.0 Å². The maximum atomic E-state index is 12.7. The average Bonchev–Trinajstić information content (AvgIpc) is 2.94. The van der Waals surface area contributed by atoms with Gasteiger partial charge in [0.2, 0.25) is 10.0 Å². The number of fused-ring (bicyclic) bond motifs is 1. The fourth-order valence-corrected chi connectivity index (χ4v) is 3.93. The van der Waals surface area contributed by atoms with Gasteiger partial charge < -0.3 is 10.3 Å². The molecule has 0 radical (unpaired) electrons. The lowest BCUT2D eigenvalue weighted by atomic mass is 10.1. The number of aromatic nitrogens is 3. The van der Waals surface area contributed by atoms with Crippen LogP contribution >= 0.6 is 0 Å². The standard InChI is InChI=1S/C13H17N5O2S/c1-10-6-12(3-2-11(10)7-14)21(19,20)18-5-4-17-9-15-16-13(17)8-18/h2-3,6,9H,4-5,7-8,14H2,1H3. The summed E-state index contributed by atoms with van der Waals surface area (Å²) in [5.41, 5.74) is 7.45. The number of aryl methyl sites for hydroxylation is 1. The van der Waals surface area contributed by atoms with Crippen LogP contribution in [0.4, 0.5) is 0 Å². The van der Waals surface area contributed by atoms with Crippen LogP contribution in [-0.4, -0.2) is 34.0 Å². The molecule has 0 atom stereocenters. The van der Waals surface area contributed by atoms with Crippen LogP contribution < -0.4 is 5.73 Å². The van der Waals surface area contributed by atoms with E-state index in [1.807, 2.05) is 11.5 Å². The Morgan fingerprint density at radius 3 is 2.86 bits per heavy atom. The molecule has 3 rings (SSSR count). The van der Waals surface area contributed by atoms with E-state index in [1.165, 1.54) is 4.31 Å². The number of hydrogen-bond acceptors (Lipinski definition) is 5. The highest BCUT2D eigenvalue weighted by molar-refractivity contribution is 7.89. The molecule has 8 heteroatoms. The van der Waals surface area contributed by atoms with E-state index < -0.39 is 10.0 Å². The number of benzene rings is 1. The van der Waals surface area contributed by atoms with Crippen LogP contribution in [-0.2, 0) is 29.7 Å². The van der Waals surface area contributed by atoms with E-state index in [-0.39, 0.29) is 6.54 Å². The van der Waals surface area contributed by atoms with E-state index in [2.05, 4.69) is 10.2 Å². The van der Waals surface area contributed by atoms with Gasteiger partial charge in [-0.1, -0.05) is 6.07 Å². The molecule has 0 fully saturated rings. The lowest BCUT2D eigenvalue weighted by Crippen LogP contribution is -2.38. The van der Waals surface area contributed by atoms with Crippen LogP contribution in [0.2, 0.25) is 0 Å². The molecule has 2 heterocycles. The lowest BCUT2D eigenvalue weighted by Gasteiger charge is -2.26. The van der Waals surface area contributed by atoms with E-state index in [4.69, 9.17) is 5.73 Å². The summed E-state index contributed by atoms with van der Waals surface area (Å²) >= 11 is 0. The third-order valence-electron chi connectivity index (χ3n) is 3.78. The molecule has 1 aromatic heterocycles. The maximum absolute atomic E-state index is 12.7. The maximum Gasteiger partial charge on any atom is 0.243 e. The van der Waals surface area contributed by atoms with Crippen molar-refractivity contribution in [1.82, 2.24) is 19.1 Å². The van der Waals surface area contributed by atoms with Crippen molar-refractivity contribution in [2.45, 2.75) is 31.5 Å². The summed E-state index contributed by atoms with van der Waals surface area (Å²) < 4.78 is 28.7. The van der Waals surface area contributed by atoms with Gasteiger partial charge >= 0.3 is 0 Å². The van der Waals surface area contributed by atoms with Gasteiger partial charge in [-0.2, -0.15) is 4.31 Å². The molecule has 0 bridgehead atoms. The summed E-state index contributed by atoms with van der Waals surface area (Å²) in [6, 6.07) is 5.06. The van der Waals surface area contributed by atoms with E-state index >= 15 is 0 Å². The molecule has 0 spiro atoms. The highest BCUT2D eigenvalue weighted by Gasteiger charge is 2.29. The van der Waals surface area contributed by atoms with Crippen LogP contribution in [0, 0.1) is 6.92 Å². The number of rotatable bonds is 3. The smallest absolute Gasteiger partial charge is 0.243 e. The van der Waals surface area contributed by atoms with E-state index in [1.54, 1.807) is 24.5 Å². The lowest BCUT2D eigenvalue weighted by molar-refractivity contribution is 0.335. The van der Waals surface area contributed by atoms with Gasteiger partial charge in [0.25, 0.3) is 0 Å². The minimum atomic E-state index is -3.52. The Kier molecular flexibility index (Phi) is 3.52. The van der Waals surface area contributed by atoms with Gasteiger partial charge in [0.05, 0.1) is 11.4 Å². The van der Waals surface area contributed by atoms with Crippen molar-refractivity contribution >= 4 is 10.0 Å². The molecule has 0 saturated heterocycles. The van der Waals surface area contributed by atoms with Gasteiger partial charge in [-0.25, -0.2) is 8.42 Å². The van der Waals surface area contributed by atoms with Gasteiger partial charge in [-0.3, -0.25) is 0 Å². The Hall–Kier alpha value is -1.77. The number of hydrogen-bond donors (Lipinski definition) is 1. The van der Waals surface area contributed by atoms with E-state index in [0.29, 0.717) is 30.4 Å². The monoisotopic (exact) mass is 307 g/mol. The summed E-state index contributed by atoms with van der Waals surface area (Å²) in [4.78, 5) is 0.296. The first-order chi connectivity index (χ1) is 10.0. The zero-order valence-corrected chi connectivity index (χ0v) is 12.5. The molecule has 0 saturated carbocycles. The van der Waals surface area contributed by atoms with Crippen LogP contribution in [0.3, 0.4) is 0 Å². The topological polar surface area (TPSA) is 94.1 Å². The van der Waals surface area contributed by atoms with Crippen LogP contribution in [0.25, 0.3) is 0 Å². The van der Waals surface area contributed by atoms with E-state index in [9.17, 15) is 8.42 Å². The molecule has 1 aromatic carbocycles. The minimum absolute atomic E-state index is 0.250. The molecule has 2 aromatic rings. The second-order valence-electron chi connectivity index (χ2n) is 5.07. The van der Waals surface area contributed by atoms with Crippen molar-refractivity contribution in [3.05, 3.63) is 41.5 Å². The summed E-state index contributed by atoms with van der Waals surface area (Å²) in [6.07, 6.45) is 1.62. The zero-order chi connectivity index (χ0) is 15.0. The van der Waals surface area contributed by atoms with Crippen molar-refractivity contribution in [3.8, 4) is 0 Å². The van der Waals surface area contributed by atoms with Gasteiger partial charge in [0, 0.05) is 19.6 Å². The molecule has 2 N–H and O–H groups in total. The molecule has 1 aliphatic heterocycles. The van der Waals surface area contributed by atoms with Crippen molar-refractivity contribution < 1.29 is 8.42 Å². The second kappa shape index (κ2) is 5.21. The minimum Gasteiger partial charge on any atom is -0.326 e. The highest BCUT2D eigenvalue weighted by Crippen LogP contribution is 2.22. The zero-order valence-electron chi connectivity index (χ0n) is 11.7. The number of nitrogens with zero attached hydrogens (tertiary/aromatic N) is 4. The predicted molar refractivity (Wildman–Crippen MR) is 76.7 cm³/mol. The van der Waals surface area contributed by atoms with Crippen molar-refractivity contribution in [3.63, 3.8) is 0 Å². The first-order valence-electron chi connectivity index (χ1n) is 6.69. The Morgan fingerprint density at radius 2 is 2.14 bits per heavy atom. The van der Waals surface area contributed by atoms with Gasteiger partial charge in [0.1, 0.15) is 12.2 Å². The predicted octanol–water partition coefficient (Wildman–Crippen LogP) is 0.250. The Morgan fingerprint density at radius 1 is 1.33 bits per heavy atom. The molecule has 0 amide bonds. The summed E-state index contributed by atoms with van der Waals surface area (Å²) in [6.45, 7) is 3.51. The molecule has 1 aliphatic rings. The molecule has 21 heavy (non-hydrogen) atoms. The Balaban J connectivity index is 1.93. The number of nitrogens with two attached hydrogens (primary N) is 1. The molecule has 7 nitrogen and oxygen atoms in total. The largest absolute Gasteiger partial charge is 0.326 e. The van der Waals surface area contributed by atoms with Crippen LogP contribution in [0.5, 0.6) is 0 Å². The fourth-order valence-electron chi connectivity index (χ4n) is 2.46. The molecular weight excluding hydrogens is 290 g/mol. The van der Waals surface area contributed by atoms with Crippen molar-refractivity contribution in [2.75, 3.05) is 6.54 Å². The van der Waals surface area contributed by atoms with Gasteiger partial charge in [-0.05, 0) is 30.2 Å². The highest BCUT2D eigenvalue weighted by atomic mass is 32.2. The molecule has 0 unspecified atom stereocenters. The first-order valence-corrected chi connectivity index (χ1v) is 8.13. The van der Waals surface area contributed by atoms with E-state index in [0.717, 1.165) is 11.1 Å².